The summed E-state index contributed by atoms with van der Waals surface area (Å²) < 4.78 is 26.7. The van der Waals surface area contributed by atoms with Crippen molar-refractivity contribution >= 4 is 0 Å². The molecule has 0 heterocycles. The fourth-order valence-corrected chi connectivity index (χ4v) is 0.814. The van der Waals surface area contributed by atoms with Gasteiger partial charge in [-0.25, -0.2) is 8.78 Å². The molecule has 1 N–H and O–H groups in total. The Morgan fingerprint density at radius 3 is 1.73 bits per heavy atom. The van der Waals surface area contributed by atoms with Crippen LogP contribution in [0.15, 0.2) is 12.2 Å². The first kappa shape index (κ1) is 14.6. The lowest BCUT2D eigenvalue weighted by Crippen LogP contribution is -2.43. The van der Waals surface area contributed by atoms with Gasteiger partial charge in [-0.1, -0.05) is 26.8 Å². The van der Waals surface area contributed by atoms with Crippen LogP contribution in [0.4, 0.5) is 8.78 Å². The quantitative estimate of drug-likeness (QED) is 0.715. The Balaban J connectivity index is 4.26. The lowest BCUT2D eigenvalue weighted by Gasteiger charge is -2.24. The molecule has 0 aliphatic carbocycles. The first-order chi connectivity index (χ1) is 6.41. The fraction of sp³-hybridized carbons (Fsp3) is 0.833. The van der Waals surface area contributed by atoms with E-state index in [0.29, 0.717) is 0 Å². The highest BCUT2D eigenvalue weighted by Crippen LogP contribution is 2.21. The van der Waals surface area contributed by atoms with Gasteiger partial charge in [0.1, 0.15) is 0 Å². The average Bonchev–Trinajstić information content (AvgIpc) is 1.96. The Hall–Kier alpha value is -0.440. The summed E-state index contributed by atoms with van der Waals surface area (Å²) in [6, 6.07) is 0. The third-order valence-electron chi connectivity index (χ3n) is 1.68. The van der Waals surface area contributed by atoms with E-state index in [-0.39, 0.29) is 17.5 Å². The molecule has 3 heteroatoms. The predicted octanol–water partition coefficient (Wildman–Crippen LogP) is 3.61. The van der Waals surface area contributed by atoms with Gasteiger partial charge in [0, 0.05) is 5.54 Å². The molecule has 0 fully saturated rings. The number of allylic oxidation sites excluding steroid dienone is 1. The van der Waals surface area contributed by atoms with Crippen molar-refractivity contribution in [3.8, 4) is 0 Å². The highest BCUT2D eigenvalue weighted by atomic mass is 19.3. The molecule has 0 atom stereocenters. The zero-order valence-electron chi connectivity index (χ0n) is 10.6. The molecule has 0 aromatic rings. The average molecular weight is 219 g/mol. The van der Waals surface area contributed by atoms with Crippen LogP contribution < -0.4 is 5.32 Å². The van der Waals surface area contributed by atoms with Gasteiger partial charge in [0.25, 0.3) is 5.92 Å². The van der Waals surface area contributed by atoms with Crippen molar-refractivity contribution in [2.75, 3.05) is 6.54 Å². The van der Waals surface area contributed by atoms with Crippen molar-refractivity contribution in [3.63, 3.8) is 0 Å². The second-order valence-corrected chi connectivity index (χ2v) is 6.06. The highest BCUT2D eigenvalue weighted by Gasteiger charge is 2.27. The summed E-state index contributed by atoms with van der Waals surface area (Å²) in [5.41, 5.74) is -0.482. The standard InChI is InChI=1S/C12H23F2N/c1-10(2,3)7-8-12(13,14)9-15-11(4,5)6/h7-8,15H,9H2,1-6H3/b8-7+. The summed E-state index contributed by atoms with van der Waals surface area (Å²) in [5.74, 6) is -2.78. The van der Waals surface area contributed by atoms with Crippen molar-refractivity contribution in [2.24, 2.45) is 5.41 Å². The fourth-order valence-electron chi connectivity index (χ4n) is 0.814. The summed E-state index contributed by atoms with van der Waals surface area (Å²) in [5, 5.41) is 2.80. The van der Waals surface area contributed by atoms with E-state index in [9.17, 15) is 8.78 Å². The summed E-state index contributed by atoms with van der Waals surface area (Å²) in [4.78, 5) is 0. The lowest BCUT2D eigenvalue weighted by molar-refractivity contribution is 0.0473. The molecule has 0 saturated heterocycles. The van der Waals surface area contributed by atoms with Crippen molar-refractivity contribution < 1.29 is 8.78 Å². The number of nitrogens with one attached hydrogen (secondary N) is 1. The Labute approximate surface area is 91.9 Å². The van der Waals surface area contributed by atoms with Crippen LogP contribution in [-0.4, -0.2) is 18.0 Å². The number of rotatable bonds is 3. The van der Waals surface area contributed by atoms with Crippen molar-refractivity contribution in [1.82, 2.24) is 5.32 Å². The zero-order chi connectivity index (χ0) is 12.3. The van der Waals surface area contributed by atoms with E-state index >= 15 is 0 Å². The van der Waals surface area contributed by atoms with Crippen molar-refractivity contribution in [2.45, 2.75) is 53.0 Å². The van der Waals surface area contributed by atoms with E-state index in [1.807, 2.05) is 41.5 Å². The van der Waals surface area contributed by atoms with Crippen LogP contribution in [0.1, 0.15) is 41.5 Å². The van der Waals surface area contributed by atoms with Crippen molar-refractivity contribution in [3.05, 3.63) is 12.2 Å². The lowest BCUT2D eigenvalue weighted by atomic mass is 9.95. The maximum atomic E-state index is 13.3. The Morgan fingerprint density at radius 2 is 1.40 bits per heavy atom. The van der Waals surface area contributed by atoms with Crippen LogP contribution in [0.2, 0.25) is 0 Å². The SMILES string of the molecule is CC(C)(C)/C=C/C(F)(F)CNC(C)(C)C. The van der Waals surface area contributed by atoms with E-state index < -0.39 is 5.92 Å². The molecule has 0 rings (SSSR count). The molecule has 0 aliphatic rings. The van der Waals surface area contributed by atoms with Crippen LogP contribution in [0.25, 0.3) is 0 Å². The van der Waals surface area contributed by atoms with E-state index in [1.54, 1.807) is 6.08 Å². The van der Waals surface area contributed by atoms with Crippen LogP contribution >= 0.6 is 0 Å². The van der Waals surface area contributed by atoms with Crippen LogP contribution in [0.3, 0.4) is 0 Å². The minimum absolute atomic E-state index is 0.203. The smallest absolute Gasteiger partial charge is 0.278 e. The molecule has 0 radical (unpaired) electrons. The first-order valence-corrected chi connectivity index (χ1v) is 5.25. The van der Waals surface area contributed by atoms with Crippen LogP contribution in [0, 0.1) is 5.41 Å². The van der Waals surface area contributed by atoms with E-state index in [2.05, 4.69) is 5.32 Å². The topological polar surface area (TPSA) is 12.0 Å². The summed E-state index contributed by atoms with van der Waals surface area (Å²) in [6.45, 7) is 11.0. The number of hydrogen-bond donors (Lipinski definition) is 1. The maximum Gasteiger partial charge on any atom is 0.278 e. The van der Waals surface area contributed by atoms with Gasteiger partial charge >= 0.3 is 0 Å². The summed E-state index contributed by atoms with van der Waals surface area (Å²) >= 11 is 0. The molecule has 0 spiro atoms. The molecule has 0 aliphatic heterocycles. The second-order valence-electron chi connectivity index (χ2n) is 6.06. The Kier molecular flexibility index (Phi) is 4.47. The van der Waals surface area contributed by atoms with Gasteiger partial charge < -0.3 is 5.32 Å². The zero-order valence-corrected chi connectivity index (χ0v) is 10.6. The third-order valence-corrected chi connectivity index (χ3v) is 1.68. The van der Waals surface area contributed by atoms with Crippen molar-refractivity contribution in [1.29, 1.82) is 0 Å². The van der Waals surface area contributed by atoms with Gasteiger partial charge in [0.2, 0.25) is 0 Å². The first-order valence-electron chi connectivity index (χ1n) is 5.25. The molecule has 0 bridgehead atoms. The Morgan fingerprint density at radius 1 is 0.933 bits per heavy atom. The van der Waals surface area contributed by atoms with E-state index in [0.717, 1.165) is 6.08 Å². The molecule has 15 heavy (non-hydrogen) atoms. The number of hydrogen-bond acceptors (Lipinski definition) is 1. The van der Waals surface area contributed by atoms with Gasteiger partial charge in [0.05, 0.1) is 6.54 Å². The van der Waals surface area contributed by atoms with Gasteiger partial charge in [-0.3, -0.25) is 0 Å². The molecule has 0 saturated carbocycles. The Bertz CT molecular complexity index is 219. The molecular weight excluding hydrogens is 196 g/mol. The van der Waals surface area contributed by atoms with Gasteiger partial charge in [-0.2, -0.15) is 0 Å². The van der Waals surface area contributed by atoms with Crippen LogP contribution in [0.5, 0.6) is 0 Å². The minimum atomic E-state index is -2.78. The highest BCUT2D eigenvalue weighted by molar-refractivity contribution is 5.01. The van der Waals surface area contributed by atoms with E-state index in [1.165, 1.54) is 0 Å². The number of alkyl halides is 2. The third kappa shape index (κ3) is 9.85. The van der Waals surface area contributed by atoms with Gasteiger partial charge in [-0.05, 0) is 32.3 Å². The maximum absolute atomic E-state index is 13.3. The second kappa shape index (κ2) is 4.60. The molecule has 0 aromatic heterocycles. The van der Waals surface area contributed by atoms with E-state index in [4.69, 9.17) is 0 Å². The molecule has 90 valence electrons. The molecular formula is C12H23F2N. The summed E-state index contributed by atoms with van der Waals surface area (Å²) in [6.07, 6.45) is 2.54. The molecule has 0 amide bonds. The largest absolute Gasteiger partial charge is 0.306 e. The molecule has 0 aromatic carbocycles. The van der Waals surface area contributed by atoms with Gasteiger partial charge in [-0.15, -0.1) is 0 Å². The normalized spacial score (nSPS) is 14.9. The number of halogens is 2. The molecule has 1 nitrogen and oxygen atoms in total. The predicted molar refractivity (Wildman–Crippen MR) is 61.3 cm³/mol. The van der Waals surface area contributed by atoms with Gasteiger partial charge in [0.15, 0.2) is 0 Å². The summed E-state index contributed by atoms with van der Waals surface area (Å²) in [7, 11) is 0. The monoisotopic (exact) mass is 219 g/mol. The minimum Gasteiger partial charge on any atom is -0.306 e. The molecule has 0 unspecified atom stereocenters. The van der Waals surface area contributed by atoms with Crippen LogP contribution in [-0.2, 0) is 0 Å².